The van der Waals surface area contributed by atoms with Gasteiger partial charge in [0.15, 0.2) is 6.10 Å². The molecule has 2 aromatic rings. The number of primary sulfonamides is 1. The van der Waals surface area contributed by atoms with Crippen LogP contribution in [-0.4, -0.2) is 26.3 Å². The Balaban J connectivity index is 1.78. The van der Waals surface area contributed by atoms with Gasteiger partial charge in [-0.1, -0.05) is 18.2 Å². The lowest BCUT2D eigenvalue weighted by Crippen LogP contribution is -2.25. The van der Waals surface area contributed by atoms with E-state index in [0.717, 1.165) is 24.8 Å². The SMILES string of the molecule is Cc1ccc(S(N)(=O)=O)cc1C(=O)OC(C)C(=O)c1ccc2c(c1)CCC2. The second kappa shape index (κ2) is 7.25. The van der Waals surface area contributed by atoms with E-state index in [1.165, 1.54) is 30.7 Å². The van der Waals surface area contributed by atoms with E-state index in [1.54, 1.807) is 13.0 Å². The summed E-state index contributed by atoms with van der Waals surface area (Å²) in [4.78, 5) is 24.9. The lowest BCUT2D eigenvalue weighted by atomic mass is 10.0. The molecule has 0 saturated carbocycles. The average Bonchev–Trinajstić information content (AvgIpc) is 3.07. The first kappa shape index (κ1) is 19.3. The molecule has 0 fully saturated rings. The Labute approximate surface area is 158 Å². The number of esters is 1. The third-order valence-corrected chi connectivity index (χ3v) is 5.70. The number of carbonyl (C=O) groups is 2. The maximum Gasteiger partial charge on any atom is 0.339 e. The van der Waals surface area contributed by atoms with Crippen molar-refractivity contribution < 1.29 is 22.7 Å². The minimum atomic E-state index is -3.94. The molecule has 0 aliphatic heterocycles. The zero-order valence-corrected chi connectivity index (χ0v) is 16.0. The molecule has 0 saturated heterocycles. The second-order valence-corrected chi connectivity index (χ2v) is 8.33. The molecule has 1 aliphatic rings. The molecule has 2 aromatic carbocycles. The first-order chi connectivity index (χ1) is 12.7. The number of ether oxygens (including phenoxy) is 1. The van der Waals surface area contributed by atoms with E-state index in [2.05, 4.69) is 0 Å². The van der Waals surface area contributed by atoms with Gasteiger partial charge >= 0.3 is 5.97 Å². The average molecular weight is 387 g/mol. The maximum absolute atomic E-state index is 12.6. The van der Waals surface area contributed by atoms with E-state index in [-0.39, 0.29) is 16.2 Å². The van der Waals surface area contributed by atoms with Crippen molar-refractivity contribution in [1.29, 1.82) is 0 Å². The molecule has 0 amide bonds. The highest BCUT2D eigenvalue weighted by atomic mass is 32.2. The molecule has 0 bridgehead atoms. The van der Waals surface area contributed by atoms with Crippen molar-refractivity contribution in [2.45, 2.75) is 44.1 Å². The summed E-state index contributed by atoms with van der Waals surface area (Å²) in [6, 6.07) is 9.53. The minimum absolute atomic E-state index is 0.0649. The molecule has 0 aromatic heterocycles. The summed E-state index contributed by atoms with van der Waals surface area (Å²) in [6.45, 7) is 3.16. The van der Waals surface area contributed by atoms with Crippen LogP contribution in [0.5, 0.6) is 0 Å². The zero-order valence-electron chi connectivity index (χ0n) is 15.2. The molecule has 3 rings (SSSR count). The number of hydrogen-bond acceptors (Lipinski definition) is 5. The fraction of sp³-hybridized carbons (Fsp3) is 0.300. The van der Waals surface area contributed by atoms with Crippen molar-refractivity contribution >= 4 is 21.8 Å². The Morgan fingerprint density at radius 3 is 2.48 bits per heavy atom. The smallest absolute Gasteiger partial charge is 0.339 e. The Hall–Kier alpha value is -2.51. The highest BCUT2D eigenvalue weighted by Crippen LogP contribution is 2.24. The number of carbonyl (C=O) groups excluding carboxylic acids is 2. The topological polar surface area (TPSA) is 104 Å². The van der Waals surface area contributed by atoms with Crippen molar-refractivity contribution in [3.63, 3.8) is 0 Å². The van der Waals surface area contributed by atoms with Gasteiger partial charge in [0.25, 0.3) is 0 Å². The second-order valence-electron chi connectivity index (χ2n) is 6.77. The molecular formula is C20H21NO5S. The molecular weight excluding hydrogens is 366 g/mol. The first-order valence-corrected chi connectivity index (χ1v) is 10.2. The van der Waals surface area contributed by atoms with Crippen molar-refractivity contribution in [2.24, 2.45) is 5.14 Å². The summed E-state index contributed by atoms with van der Waals surface area (Å²) in [5.41, 5.74) is 3.52. The number of ketones is 1. The van der Waals surface area contributed by atoms with Crippen LogP contribution in [0.15, 0.2) is 41.3 Å². The van der Waals surface area contributed by atoms with Crippen LogP contribution in [0, 0.1) is 6.92 Å². The summed E-state index contributed by atoms with van der Waals surface area (Å²) in [7, 11) is -3.94. The van der Waals surface area contributed by atoms with E-state index in [1.807, 2.05) is 12.1 Å². The number of sulfonamides is 1. The van der Waals surface area contributed by atoms with Gasteiger partial charge in [-0.3, -0.25) is 4.79 Å². The first-order valence-electron chi connectivity index (χ1n) is 8.67. The van der Waals surface area contributed by atoms with E-state index in [9.17, 15) is 18.0 Å². The number of Topliss-reactive ketones (excluding diaryl/α,β-unsaturated/α-hetero) is 1. The summed E-state index contributed by atoms with van der Waals surface area (Å²) < 4.78 is 28.3. The van der Waals surface area contributed by atoms with Gasteiger partial charge in [0, 0.05) is 5.56 Å². The van der Waals surface area contributed by atoms with E-state index in [0.29, 0.717) is 11.1 Å². The Kier molecular flexibility index (Phi) is 5.17. The molecule has 0 radical (unpaired) electrons. The number of nitrogens with two attached hydrogens (primary N) is 1. The fourth-order valence-electron chi connectivity index (χ4n) is 3.24. The van der Waals surface area contributed by atoms with Crippen molar-refractivity contribution in [2.75, 3.05) is 0 Å². The van der Waals surface area contributed by atoms with Gasteiger partial charge in [-0.2, -0.15) is 0 Å². The standard InChI is InChI=1S/C20H21NO5S/c1-12-6-9-17(27(21,24)25)11-18(12)20(23)26-13(2)19(22)16-8-7-14-4-3-5-15(14)10-16/h6-11,13H,3-5H2,1-2H3,(H2,21,24,25). The van der Waals surface area contributed by atoms with Gasteiger partial charge in [-0.25, -0.2) is 18.4 Å². The molecule has 1 aliphatic carbocycles. The minimum Gasteiger partial charge on any atom is -0.451 e. The summed E-state index contributed by atoms with van der Waals surface area (Å²) in [5.74, 6) is -1.06. The largest absolute Gasteiger partial charge is 0.451 e. The van der Waals surface area contributed by atoms with E-state index >= 15 is 0 Å². The highest BCUT2D eigenvalue weighted by molar-refractivity contribution is 7.89. The number of aryl methyl sites for hydroxylation is 3. The zero-order chi connectivity index (χ0) is 19.8. The van der Waals surface area contributed by atoms with Crippen molar-refractivity contribution in [1.82, 2.24) is 0 Å². The van der Waals surface area contributed by atoms with E-state index in [4.69, 9.17) is 9.88 Å². The lowest BCUT2D eigenvalue weighted by Gasteiger charge is -2.14. The monoisotopic (exact) mass is 387 g/mol. The van der Waals surface area contributed by atoms with Gasteiger partial charge in [0.1, 0.15) is 0 Å². The summed E-state index contributed by atoms with van der Waals surface area (Å²) in [5, 5.41) is 5.11. The maximum atomic E-state index is 12.6. The Morgan fingerprint density at radius 2 is 1.78 bits per heavy atom. The predicted octanol–water partition coefficient (Wildman–Crippen LogP) is 2.56. The third kappa shape index (κ3) is 4.09. The van der Waals surface area contributed by atoms with Crippen LogP contribution in [0.25, 0.3) is 0 Å². The Morgan fingerprint density at radius 1 is 1.07 bits per heavy atom. The molecule has 1 atom stereocenters. The van der Waals surface area contributed by atoms with Crippen LogP contribution in [0.2, 0.25) is 0 Å². The summed E-state index contributed by atoms with van der Waals surface area (Å²) in [6.07, 6.45) is 2.06. The van der Waals surface area contributed by atoms with Crippen molar-refractivity contribution in [3.8, 4) is 0 Å². The molecule has 7 heteroatoms. The molecule has 6 nitrogen and oxygen atoms in total. The molecule has 0 spiro atoms. The quantitative estimate of drug-likeness (QED) is 0.627. The number of fused-ring (bicyclic) bond motifs is 1. The van der Waals surface area contributed by atoms with Gasteiger partial charge < -0.3 is 4.74 Å². The van der Waals surface area contributed by atoms with Crippen LogP contribution < -0.4 is 5.14 Å². The van der Waals surface area contributed by atoms with Gasteiger partial charge in [-0.15, -0.1) is 0 Å². The van der Waals surface area contributed by atoms with Crippen LogP contribution in [0.3, 0.4) is 0 Å². The number of benzene rings is 2. The normalized spacial score (nSPS) is 14.5. The van der Waals surface area contributed by atoms with Crippen LogP contribution >= 0.6 is 0 Å². The number of rotatable bonds is 5. The highest BCUT2D eigenvalue weighted by Gasteiger charge is 2.24. The van der Waals surface area contributed by atoms with Gasteiger partial charge in [0.2, 0.25) is 15.8 Å². The molecule has 2 N–H and O–H groups in total. The number of hydrogen-bond donors (Lipinski definition) is 1. The van der Waals surface area contributed by atoms with Crippen molar-refractivity contribution in [3.05, 3.63) is 64.2 Å². The predicted molar refractivity (Wildman–Crippen MR) is 100 cm³/mol. The van der Waals surface area contributed by atoms with Gasteiger partial charge in [-0.05, 0) is 68.0 Å². The fourth-order valence-corrected chi connectivity index (χ4v) is 3.78. The third-order valence-electron chi connectivity index (χ3n) is 4.79. The van der Waals surface area contributed by atoms with Crippen LogP contribution in [0.1, 0.15) is 50.8 Å². The molecule has 27 heavy (non-hydrogen) atoms. The summed E-state index contributed by atoms with van der Waals surface area (Å²) >= 11 is 0. The van der Waals surface area contributed by atoms with Crippen LogP contribution in [0.4, 0.5) is 0 Å². The lowest BCUT2D eigenvalue weighted by molar-refractivity contribution is 0.0318. The Bertz CT molecular complexity index is 1030. The molecule has 142 valence electrons. The molecule has 0 heterocycles. The van der Waals surface area contributed by atoms with Gasteiger partial charge in [0.05, 0.1) is 10.5 Å². The van der Waals surface area contributed by atoms with Crippen LogP contribution in [-0.2, 0) is 27.6 Å². The molecule has 1 unspecified atom stereocenters. The van der Waals surface area contributed by atoms with E-state index < -0.39 is 22.1 Å².